The summed E-state index contributed by atoms with van der Waals surface area (Å²) in [7, 11) is 0. The zero-order valence-electron chi connectivity index (χ0n) is 21.1. The molecule has 2 heterocycles. The van der Waals surface area contributed by atoms with Crippen LogP contribution in [0.5, 0.6) is 0 Å². The first-order chi connectivity index (χ1) is 17.9. The van der Waals surface area contributed by atoms with Crippen LogP contribution in [0.4, 0.5) is 13.2 Å². The molecule has 0 unspecified atom stereocenters. The molecule has 7 rings (SSSR count). The quantitative estimate of drug-likeness (QED) is 0.341. The van der Waals surface area contributed by atoms with Crippen molar-refractivity contribution in [2.24, 2.45) is 23.2 Å². The molecule has 5 nitrogen and oxygen atoms in total. The Hall–Kier alpha value is -2.59. The lowest BCUT2D eigenvalue weighted by Crippen LogP contribution is -2.57. The monoisotopic (exact) mass is 559 g/mol. The van der Waals surface area contributed by atoms with E-state index in [0.717, 1.165) is 48.9 Å². The number of nitrogens with one attached hydrogen (secondary N) is 1. The van der Waals surface area contributed by atoms with Gasteiger partial charge in [0.15, 0.2) is 4.32 Å². The summed E-state index contributed by atoms with van der Waals surface area (Å²) in [5, 5.41) is 1.19. The first-order valence-electron chi connectivity index (χ1n) is 12.9. The Kier molecular flexibility index (Phi) is 6.07. The molecular weight excluding hydrogens is 531 g/mol. The highest BCUT2D eigenvalue weighted by Crippen LogP contribution is 2.60. The molecule has 0 spiro atoms. The smallest absolute Gasteiger partial charge is 0.318 e. The SMILES string of the molecule is Cc1cc(/C=C2\SC(=S)N(NC(=O)C34CC5CC(CC(C5)C3)C4)C2=O)c(C)n1-c1cccc(C(F)(F)F)c1. The fraction of sp³-hybridized carbons (Fsp3) is 0.464. The Bertz CT molecular complexity index is 1360. The summed E-state index contributed by atoms with van der Waals surface area (Å²) >= 11 is 6.58. The fourth-order valence-corrected chi connectivity index (χ4v) is 8.64. The highest BCUT2D eigenvalue weighted by molar-refractivity contribution is 8.26. The maximum atomic E-state index is 13.5. The molecule has 5 fully saturated rings. The normalized spacial score (nSPS) is 29.6. The van der Waals surface area contributed by atoms with Gasteiger partial charge in [-0.3, -0.25) is 15.0 Å². The van der Waals surface area contributed by atoms with Crippen molar-refractivity contribution in [2.75, 3.05) is 0 Å². The van der Waals surface area contributed by atoms with E-state index in [1.165, 1.54) is 30.3 Å². The van der Waals surface area contributed by atoms with Gasteiger partial charge < -0.3 is 4.57 Å². The molecule has 5 aliphatic rings. The van der Waals surface area contributed by atoms with Gasteiger partial charge in [-0.05, 0) is 118 Å². The molecule has 4 saturated carbocycles. The Morgan fingerprint density at radius 3 is 2.34 bits per heavy atom. The summed E-state index contributed by atoms with van der Waals surface area (Å²) < 4.78 is 41.8. The predicted octanol–water partition coefficient (Wildman–Crippen LogP) is 6.56. The third-order valence-electron chi connectivity index (χ3n) is 8.72. The van der Waals surface area contributed by atoms with Crippen molar-refractivity contribution in [1.82, 2.24) is 15.0 Å². The second-order valence-corrected chi connectivity index (χ2v) is 13.0. The molecule has 2 aromatic rings. The molecule has 0 atom stereocenters. The van der Waals surface area contributed by atoms with Crippen molar-refractivity contribution in [3.8, 4) is 5.69 Å². The highest BCUT2D eigenvalue weighted by atomic mass is 32.2. The average molecular weight is 560 g/mol. The van der Waals surface area contributed by atoms with Crippen LogP contribution >= 0.6 is 24.0 Å². The molecule has 1 N–H and O–H groups in total. The van der Waals surface area contributed by atoms with E-state index < -0.39 is 17.2 Å². The van der Waals surface area contributed by atoms with Gasteiger partial charge in [0.2, 0.25) is 5.91 Å². The van der Waals surface area contributed by atoms with E-state index in [-0.39, 0.29) is 16.1 Å². The maximum absolute atomic E-state index is 13.5. The van der Waals surface area contributed by atoms with Gasteiger partial charge in [-0.1, -0.05) is 17.8 Å². The van der Waals surface area contributed by atoms with Gasteiger partial charge in [-0.15, -0.1) is 0 Å². The predicted molar refractivity (Wildman–Crippen MR) is 144 cm³/mol. The lowest BCUT2D eigenvalue weighted by molar-refractivity contribution is -0.152. The Morgan fingerprint density at radius 1 is 1.11 bits per heavy atom. The van der Waals surface area contributed by atoms with Crippen molar-refractivity contribution in [3.05, 3.63) is 57.8 Å². The van der Waals surface area contributed by atoms with Crippen LogP contribution in [0.2, 0.25) is 0 Å². The number of halogens is 3. The van der Waals surface area contributed by atoms with Crippen LogP contribution in [0.25, 0.3) is 11.8 Å². The van der Waals surface area contributed by atoms with E-state index in [1.54, 1.807) is 23.6 Å². The summed E-state index contributed by atoms with van der Waals surface area (Å²) in [5.74, 6) is 1.32. The first-order valence-corrected chi connectivity index (χ1v) is 14.1. The summed E-state index contributed by atoms with van der Waals surface area (Å²) in [6, 6.07) is 6.99. The molecule has 38 heavy (non-hydrogen) atoms. The van der Waals surface area contributed by atoms with E-state index >= 15 is 0 Å². The van der Waals surface area contributed by atoms with E-state index in [0.29, 0.717) is 39.6 Å². The van der Waals surface area contributed by atoms with Gasteiger partial charge in [0.25, 0.3) is 5.91 Å². The Balaban J connectivity index is 1.23. The second kappa shape index (κ2) is 8.98. The van der Waals surface area contributed by atoms with Gasteiger partial charge in [0, 0.05) is 17.1 Å². The Labute approximate surface area is 228 Å². The number of hydrogen-bond donors (Lipinski definition) is 1. The van der Waals surface area contributed by atoms with Gasteiger partial charge in [0.05, 0.1) is 15.9 Å². The van der Waals surface area contributed by atoms with E-state index in [2.05, 4.69) is 5.43 Å². The van der Waals surface area contributed by atoms with Gasteiger partial charge in [-0.25, -0.2) is 0 Å². The molecule has 0 radical (unpaired) electrons. The zero-order chi connectivity index (χ0) is 27.0. The summed E-state index contributed by atoms with van der Waals surface area (Å²) in [5.41, 5.74) is 4.26. The van der Waals surface area contributed by atoms with Crippen LogP contribution in [0, 0.1) is 37.0 Å². The molecule has 10 heteroatoms. The number of benzene rings is 1. The fourth-order valence-electron chi connectivity index (χ4n) is 7.47. The number of carbonyl (C=O) groups excluding carboxylic acids is 2. The molecule has 4 bridgehead atoms. The molecule has 2 amide bonds. The average Bonchev–Trinajstić information content (AvgIpc) is 3.26. The summed E-state index contributed by atoms with van der Waals surface area (Å²) in [6.45, 7) is 3.61. The van der Waals surface area contributed by atoms with E-state index in [4.69, 9.17) is 12.2 Å². The minimum absolute atomic E-state index is 0.100. The molecular formula is C28H28F3N3O2S2. The van der Waals surface area contributed by atoms with Crippen molar-refractivity contribution in [1.29, 1.82) is 0 Å². The number of aryl methyl sites for hydroxylation is 1. The molecule has 1 saturated heterocycles. The van der Waals surface area contributed by atoms with Crippen LogP contribution < -0.4 is 5.43 Å². The Morgan fingerprint density at radius 2 is 1.74 bits per heavy atom. The first kappa shape index (κ1) is 25.7. The van der Waals surface area contributed by atoms with E-state index in [9.17, 15) is 22.8 Å². The number of aromatic nitrogens is 1. The minimum Gasteiger partial charge on any atom is -0.318 e. The van der Waals surface area contributed by atoms with Crippen LogP contribution in [0.15, 0.2) is 35.2 Å². The topological polar surface area (TPSA) is 54.3 Å². The minimum atomic E-state index is -4.44. The van der Waals surface area contributed by atoms with Crippen LogP contribution in [0.1, 0.15) is 61.0 Å². The largest absolute Gasteiger partial charge is 0.416 e. The number of thioether (sulfide) groups is 1. The third kappa shape index (κ3) is 4.29. The van der Waals surface area contributed by atoms with Crippen molar-refractivity contribution < 1.29 is 22.8 Å². The standard InChI is InChI=1S/C28H28F3N3O2S2/c1-15-6-20(16(2)33(15)22-5-3-4-21(11-22)28(29,30)31)10-23-24(35)34(26(37)38-23)32-25(36)27-12-17-7-18(13-27)9-19(8-17)14-27/h3-6,10-11,17-19H,7-9,12-14H2,1-2H3,(H,32,36)/b23-10-. The number of alkyl halides is 3. The maximum Gasteiger partial charge on any atom is 0.416 e. The number of rotatable bonds is 4. The van der Waals surface area contributed by atoms with Crippen molar-refractivity contribution in [3.63, 3.8) is 0 Å². The van der Waals surface area contributed by atoms with Gasteiger partial charge in [-0.2, -0.15) is 18.2 Å². The number of hydrogen-bond acceptors (Lipinski definition) is 4. The number of thiocarbonyl (C=S) groups is 1. The molecule has 1 aromatic heterocycles. The van der Waals surface area contributed by atoms with Crippen LogP contribution in [-0.2, 0) is 15.8 Å². The molecule has 4 aliphatic carbocycles. The van der Waals surface area contributed by atoms with Crippen LogP contribution in [-0.4, -0.2) is 25.7 Å². The molecule has 1 aliphatic heterocycles. The van der Waals surface area contributed by atoms with E-state index in [1.807, 2.05) is 13.0 Å². The van der Waals surface area contributed by atoms with Crippen LogP contribution in [0.3, 0.4) is 0 Å². The summed E-state index contributed by atoms with van der Waals surface area (Å²) in [4.78, 5) is 27.2. The van der Waals surface area contributed by atoms with Crippen molar-refractivity contribution in [2.45, 2.75) is 58.5 Å². The lowest BCUT2D eigenvalue weighted by Gasteiger charge is -2.55. The number of carbonyl (C=O) groups is 2. The highest BCUT2D eigenvalue weighted by Gasteiger charge is 2.55. The number of nitrogens with zero attached hydrogens (tertiary/aromatic N) is 2. The lowest BCUT2D eigenvalue weighted by atomic mass is 9.49. The molecule has 1 aromatic carbocycles. The number of amides is 2. The van der Waals surface area contributed by atoms with Crippen molar-refractivity contribution >= 4 is 46.2 Å². The molecule has 200 valence electrons. The summed E-state index contributed by atoms with van der Waals surface area (Å²) in [6.07, 6.45) is 3.57. The number of hydrazine groups is 1. The third-order valence-corrected chi connectivity index (χ3v) is 10.0. The van der Waals surface area contributed by atoms with Gasteiger partial charge in [0.1, 0.15) is 0 Å². The van der Waals surface area contributed by atoms with Gasteiger partial charge >= 0.3 is 6.18 Å². The zero-order valence-corrected chi connectivity index (χ0v) is 22.7. The second-order valence-electron chi connectivity index (χ2n) is 11.4.